The lowest BCUT2D eigenvalue weighted by molar-refractivity contribution is 0.224. The molecule has 0 amide bonds. The van der Waals surface area contributed by atoms with Gasteiger partial charge in [0.05, 0.1) is 17.3 Å². The quantitative estimate of drug-likeness (QED) is 0.653. The molecule has 4 rings (SSSR count). The van der Waals surface area contributed by atoms with Crippen LogP contribution in [0.1, 0.15) is 49.9 Å². The Kier molecular flexibility index (Phi) is 6.02. The Morgan fingerprint density at radius 3 is 2.54 bits per heavy atom. The summed E-state index contributed by atoms with van der Waals surface area (Å²) in [6, 6.07) is 1.80. The molecule has 1 saturated carbocycles. The summed E-state index contributed by atoms with van der Waals surface area (Å²) in [7, 11) is 0. The molecule has 8 heteroatoms. The van der Waals surface area contributed by atoms with Crippen molar-refractivity contribution in [1.82, 2.24) is 15.0 Å². The molecule has 0 bridgehead atoms. The molecule has 1 aliphatic heterocycles. The number of hydrogen-bond donors (Lipinski definition) is 1. The topological polar surface area (TPSA) is 62.1 Å². The standard InChI is InChI=1S/C20H24Cl2N4OS/c1-13-19(28-15-4-9-23-17(22)16(15)21)25-14(12-27)18(24-13)26-10-7-20(8-11-26)5-2-3-6-20/h4,9,27H,2-3,5-8,10-12H2,1H3. The van der Waals surface area contributed by atoms with Crippen molar-refractivity contribution in [2.24, 2.45) is 5.41 Å². The Balaban J connectivity index is 1.57. The summed E-state index contributed by atoms with van der Waals surface area (Å²) in [6.07, 6.45) is 9.50. The van der Waals surface area contributed by atoms with Gasteiger partial charge in [-0.1, -0.05) is 47.8 Å². The average molecular weight is 439 g/mol. The molecule has 28 heavy (non-hydrogen) atoms. The molecule has 2 aliphatic rings. The normalized spacial score (nSPS) is 18.8. The average Bonchev–Trinajstić information content (AvgIpc) is 3.15. The van der Waals surface area contributed by atoms with E-state index in [0.717, 1.165) is 34.5 Å². The third kappa shape index (κ3) is 3.97. The zero-order valence-corrected chi connectivity index (χ0v) is 18.2. The monoisotopic (exact) mass is 438 g/mol. The van der Waals surface area contributed by atoms with Crippen LogP contribution in [0.15, 0.2) is 22.2 Å². The maximum atomic E-state index is 9.94. The third-order valence-corrected chi connectivity index (χ3v) is 8.05. The summed E-state index contributed by atoms with van der Waals surface area (Å²) in [5, 5.41) is 11.3. The summed E-state index contributed by atoms with van der Waals surface area (Å²) in [6.45, 7) is 3.78. The first-order valence-electron chi connectivity index (χ1n) is 9.72. The van der Waals surface area contributed by atoms with Crippen LogP contribution in [0, 0.1) is 12.3 Å². The molecule has 0 unspecified atom stereocenters. The second-order valence-corrected chi connectivity index (χ2v) is 9.52. The lowest BCUT2D eigenvalue weighted by Gasteiger charge is -2.40. The number of halogens is 2. The van der Waals surface area contributed by atoms with Gasteiger partial charge in [0.15, 0.2) is 5.82 Å². The van der Waals surface area contributed by atoms with Gasteiger partial charge in [-0.3, -0.25) is 0 Å². The van der Waals surface area contributed by atoms with Gasteiger partial charge in [0.25, 0.3) is 0 Å². The molecule has 0 radical (unpaired) electrons. The number of hydrogen-bond acceptors (Lipinski definition) is 6. The molecule has 1 saturated heterocycles. The highest BCUT2D eigenvalue weighted by atomic mass is 35.5. The van der Waals surface area contributed by atoms with Gasteiger partial charge in [-0.15, -0.1) is 0 Å². The van der Waals surface area contributed by atoms with E-state index in [9.17, 15) is 5.11 Å². The molecule has 1 aliphatic carbocycles. The summed E-state index contributed by atoms with van der Waals surface area (Å²) < 4.78 is 0. The van der Waals surface area contributed by atoms with Crippen LogP contribution < -0.4 is 4.90 Å². The number of pyridine rings is 1. The van der Waals surface area contributed by atoms with Gasteiger partial charge in [0.1, 0.15) is 15.9 Å². The minimum Gasteiger partial charge on any atom is -0.390 e. The number of aliphatic hydroxyl groups is 1. The molecule has 150 valence electrons. The van der Waals surface area contributed by atoms with Crippen molar-refractivity contribution < 1.29 is 5.11 Å². The maximum absolute atomic E-state index is 9.94. The minimum atomic E-state index is -0.136. The van der Waals surface area contributed by atoms with Crippen LogP contribution in [0.3, 0.4) is 0 Å². The molecular weight excluding hydrogens is 415 g/mol. The highest BCUT2D eigenvalue weighted by molar-refractivity contribution is 7.99. The Labute approximate surface area is 179 Å². The Hall–Kier alpha value is -1.08. The van der Waals surface area contributed by atoms with E-state index >= 15 is 0 Å². The van der Waals surface area contributed by atoms with Crippen LogP contribution in [-0.4, -0.2) is 33.1 Å². The first kappa shape index (κ1) is 20.2. The van der Waals surface area contributed by atoms with Gasteiger partial charge in [-0.2, -0.15) is 0 Å². The first-order chi connectivity index (χ1) is 13.5. The number of aliphatic hydroxyl groups excluding tert-OH is 1. The third-order valence-electron chi connectivity index (χ3n) is 6.03. The van der Waals surface area contributed by atoms with Gasteiger partial charge in [0, 0.05) is 24.2 Å². The zero-order chi connectivity index (χ0) is 19.7. The van der Waals surface area contributed by atoms with Crippen molar-refractivity contribution in [3.8, 4) is 0 Å². The van der Waals surface area contributed by atoms with Crippen LogP contribution in [0.4, 0.5) is 5.82 Å². The predicted molar refractivity (Wildman–Crippen MR) is 113 cm³/mol. The largest absolute Gasteiger partial charge is 0.390 e. The molecule has 2 aromatic heterocycles. The number of nitrogens with zero attached hydrogens (tertiary/aromatic N) is 4. The smallest absolute Gasteiger partial charge is 0.153 e. The lowest BCUT2D eigenvalue weighted by Crippen LogP contribution is -2.40. The van der Waals surface area contributed by atoms with Gasteiger partial charge in [-0.05, 0) is 44.1 Å². The highest BCUT2D eigenvalue weighted by Gasteiger charge is 2.37. The molecular formula is C20H24Cl2N4OS. The van der Waals surface area contributed by atoms with Crippen molar-refractivity contribution in [1.29, 1.82) is 0 Å². The van der Waals surface area contributed by atoms with E-state index in [1.807, 2.05) is 6.92 Å². The van der Waals surface area contributed by atoms with E-state index in [2.05, 4.69) is 9.88 Å². The van der Waals surface area contributed by atoms with Gasteiger partial charge >= 0.3 is 0 Å². The maximum Gasteiger partial charge on any atom is 0.153 e. The summed E-state index contributed by atoms with van der Waals surface area (Å²) in [4.78, 5) is 16.6. The highest BCUT2D eigenvalue weighted by Crippen LogP contribution is 2.47. The fourth-order valence-electron chi connectivity index (χ4n) is 4.38. The number of aromatic nitrogens is 3. The van der Waals surface area contributed by atoms with Crippen molar-refractivity contribution in [3.63, 3.8) is 0 Å². The molecule has 2 fully saturated rings. The second kappa shape index (κ2) is 8.34. The van der Waals surface area contributed by atoms with E-state index in [4.69, 9.17) is 33.2 Å². The van der Waals surface area contributed by atoms with E-state index in [1.54, 1.807) is 12.3 Å². The molecule has 1 spiro atoms. The lowest BCUT2D eigenvalue weighted by atomic mass is 9.77. The first-order valence-corrected chi connectivity index (χ1v) is 11.3. The molecule has 3 heterocycles. The Morgan fingerprint density at radius 2 is 1.86 bits per heavy atom. The number of piperidine rings is 1. The van der Waals surface area contributed by atoms with E-state index in [-0.39, 0.29) is 11.8 Å². The molecule has 0 aromatic carbocycles. The van der Waals surface area contributed by atoms with E-state index in [0.29, 0.717) is 16.1 Å². The Morgan fingerprint density at radius 1 is 1.14 bits per heavy atom. The van der Waals surface area contributed by atoms with E-state index < -0.39 is 0 Å². The fourth-order valence-corrected chi connectivity index (χ4v) is 5.70. The van der Waals surface area contributed by atoms with Crippen LogP contribution >= 0.6 is 35.0 Å². The van der Waals surface area contributed by atoms with Crippen molar-refractivity contribution >= 4 is 40.8 Å². The van der Waals surface area contributed by atoms with E-state index in [1.165, 1.54) is 50.3 Å². The number of rotatable bonds is 4. The zero-order valence-electron chi connectivity index (χ0n) is 15.9. The van der Waals surface area contributed by atoms with Crippen LogP contribution in [0.25, 0.3) is 0 Å². The van der Waals surface area contributed by atoms with Crippen molar-refractivity contribution in [3.05, 3.63) is 33.8 Å². The van der Waals surface area contributed by atoms with Gasteiger partial charge in [-0.25, -0.2) is 15.0 Å². The molecule has 0 atom stereocenters. The van der Waals surface area contributed by atoms with Gasteiger partial charge in [0.2, 0.25) is 0 Å². The van der Waals surface area contributed by atoms with Gasteiger partial charge < -0.3 is 10.0 Å². The summed E-state index contributed by atoms with van der Waals surface area (Å²) in [5.41, 5.74) is 1.99. The Bertz CT molecular complexity index is 864. The summed E-state index contributed by atoms with van der Waals surface area (Å²) >= 11 is 13.7. The number of anilines is 1. The van der Waals surface area contributed by atoms with Crippen molar-refractivity contribution in [2.75, 3.05) is 18.0 Å². The number of aryl methyl sites for hydroxylation is 1. The predicted octanol–water partition coefficient (Wildman–Crippen LogP) is 5.29. The fraction of sp³-hybridized carbons (Fsp3) is 0.550. The molecule has 5 nitrogen and oxygen atoms in total. The van der Waals surface area contributed by atoms with Crippen LogP contribution in [0.2, 0.25) is 10.2 Å². The SMILES string of the molecule is Cc1nc(N2CCC3(CCCC3)CC2)c(CO)nc1Sc1ccnc(Cl)c1Cl. The second-order valence-electron chi connectivity index (χ2n) is 7.75. The molecule has 1 N–H and O–H groups in total. The summed E-state index contributed by atoms with van der Waals surface area (Å²) in [5.74, 6) is 0.816. The minimum absolute atomic E-state index is 0.136. The van der Waals surface area contributed by atoms with Crippen LogP contribution in [0.5, 0.6) is 0 Å². The molecule has 2 aromatic rings. The van der Waals surface area contributed by atoms with Crippen LogP contribution in [-0.2, 0) is 6.61 Å². The van der Waals surface area contributed by atoms with Crippen molar-refractivity contribution in [2.45, 2.75) is 62.0 Å².